The number of nitrogens with zero attached hydrogens (tertiary/aromatic N) is 1. The zero-order chi connectivity index (χ0) is 19.8. The minimum Gasteiger partial charge on any atom is -0.376 e. The Balaban J connectivity index is 1.37. The first-order chi connectivity index (χ1) is 13.6. The van der Waals surface area contributed by atoms with Crippen molar-refractivity contribution in [2.75, 3.05) is 23.8 Å². The van der Waals surface area contributed by atoms with E-state index in [2.05, 4.69) is 27.9 Å². The first-order valence-corrected chi connectivity index (χ1v) is 10.5. The van der Waals surface area contributed by atoms with Gasteiger partial charge >= 0.3 is 6.03 Å². The third-order valence-corrected chi connectivity index (χ3v) is 5.50. The molecule has 0 aliphatic heterocycles. The molecule has 2 atom stereocenters. The normalized spacial score (nSPS) is 19.0. The highest BCUT2D eigenvalue weighted by molar-refractivity contribution is 7.13. The number of hydrogen-bond donors (Lipinski definition) is 3. The van der Waals surface area contributed by atoms with Crippen LogP contribution in [-0.4, -0.2) is 36.2 Å². The van der Waals surface area contributed by atoms with Crippen LogP contribution in [0.5, 0.6) is 0 Å². The molecule has 0 radical (unpaired) electrons. The lowest BCUT2D eigenvalue weighted by Crippen LogP contribution is -2.34. The molecule has 3 amide bonds. The number of anilines is 2. The first kappa shape index (κ1) is 20.3. The van der Waals surface area contributed by atoms with Gasteiger partial charge in [-0.25, -0.2) is 9.78 Å². The Morgan fingerprint density at radius 1 is 1.18 bits per heavy atom. The van der Waals surface area contributed by atoms with E-state index in [-0.39, 0.29) is 11.9 Å². The molecule has 8 heteroatoms. The van der Waals surface area contributed by atoms with Crippen molar-refractivity contribution in [1.82, 2.24) is 10.3 Å². The van der Waals surface area contributed by atoms with E-state index >= 15 is 0 Å². The summed E-state index contributed by atoms with van der Waals surface area (Å²) in [6.07, 6.45) is 6.77. The molecule has 0 saturated heterocycles. The molecular formula is C20H26N4O3S. The Hall–Kier alpha value is -2.45. The number of benzene rings is 1. The number of urea groups is 1. The van der Waals surface area contributed by atoms with Crippen LogP contribution in [0, 0.1) is 5.92 Å². The molecule has 2 aromatic rings. The first-order valence-electron chi connectivity index (χ1n) is 9.59. The van der Waals surface area contributed by atoms with Gasteiger partial charge in [-0.05, 0) is 43.0 Å². The quantitative estimate of drug-likeness (QED) is 0.608. The van der Waals surface area contributed by atoms with E-state index in [4.69, 9.17) is 4.74 Å². The van der Waals surface area contributed by atoms with Gasteiger partial charge in [-0.15, -0.1) is 11.3 Å². The number of carbonyl (C=O) groups is 2. The second kappa shape index (κ2) is 10.2. The molecule has 3 rings (SSSR count). The van der Waals surface area contributed by atoms with Crippen molar-refractivity contribution in [3.05, 3.63) is 41.4 Å². The maximum atomic E-state index is 12.1. The standard InChI is InChI=1S/C20H26N4O3S/c1-14-4-2-3-5-17(14)27-12-10-21-19(26)23-16-8-6-15(7-9-16)18(25)24-20-22-11-13-28-20/h6-9,11,13-14,17H,2-5,10,12H2,1H3,(H2,21,23,26)(H,22,24,25). The summed E-state index contributed by atoms with van der Waals surface area (Å²) in [6.45, 7) is 3.20. The molecule has 28 heavy (non-hydrogen) atoms. The Labute approximate surface area is 168 Å². The van der Waals surface area contributed by atoms with Crippen LogP contribution in [0.15, 0.2) is 35.8 Å². The maximum absolute atomic E-state index is 12.1. The summed E-state index contributed by atoms with van der Waals surface area (Å²) in [7, 11) is 0. The number of amides is 3. The van der Waals surface area contributed by atoms with Gasteiger partial charge < -0.3 is 15.4 Å². The topological polar surface area (TPSA) is 92.4 Å². The molecule has 1 heterocycles. The van der Waals surface area contributed by atoms with Gasteiger partial charge in [0.15, 0.2) is 5.13 Å². The van der Waals surface area contributed by atoms with Gasteiger partial charge in [0, 0.05) is 29.4 Å². The Morgan fingerprint density at radius 2 is 1.96 bits per heavy atom. The highest BCUT2D eigenvalue weighted by Gasteiger charge is 2.21. The molecule has 150 valence electrons. The molecule has 1 aliphatic rings. The van der Waals surface area contributed by atoms with Crippen LogP contribution in [-0.2, 0) is 4.74 Å². The Bertz CT molecular complexity index is 764. The van der Waals surface area contributed by atoms with E-state index < -0.39 is 0 Å². The third-order valence-electron chi connectivity index (χ3n) is 4.81. The van der Waals surface area contributed by atoms with Crippen molar-refractivity contribution in [2.24, 2.45) is 5.92 Å². The van der Waals surface area contributed by atoms with Crippen molar-refractivity contribution >= 4 is 34.1 Å². The molecule has 2 unspecified atom stereocenters. The summed E-state index contributed by atoms with van der Waals surface area (Å²) in [5.41, 5.74) is 1.11. The molecule has 1 aromatic heterocycles. The van der Waals surface area contributed by atoms with E-state index in [1.54, 1.807) is 35.8 Å². The fourth-order valence-corrected chi connectivity index (χ4v) is 3.76. The maximum Gasteiger partial charge on any atom is 0.319 e. The molecule has 7 nitrogen and oxygen atoms in total. The molecule has 0 spiro atoms. The SMILES string of the molecule is CC1CCCCC1OCCNC(=O)Nc1ccc(C(=O)Nc2nccs2)cc1. The lowest BCUT2D eigenvalue weighted by molar-refractivity contribution is -0.00232. The second-order valence-electron chi connectivity index (χ2n) is 6.92. The van der Waals surface area contributed by atoms with E-state index in [0.717, 1.165) is 6.42 Å². The second-order valence-corrected chi connectivity index (χ2v) is 7.82. The lowest BCUT2D eigenvalue weighted by atomic mass is 9.88. The number of nitrogens with one attached hydrogen (secondary N) is 3. The Kier molecular flexibility index (Phi) is 7.39. The van der Waals surface area contributed by atoms with Crippen LogP contribution in [0.1, 0.15) is 43.0 Å². The van der Waals surface area contributed by atoms with Gasteiger partial charge in [0.1, 0.15) is 0 Å². The Morgan fingerprint density at radius 3 is 2.68 bits per heavy atom. The minimum absolute atomic E-state index is 0.236. The fourth-order valence-electron chi connectivity index (χ4n) is 3.24. The van der Waals surface area contributed by atoms with Crippen molar-refractivity contribution in [1.29, 1.82) is 0 Å². The summed E-state index contributed by atoms with van der Waals surface area (Å²) in [6, 6.07) is 6.41. The van der Waals surface area contributed by atoms with Gasteiger partial charge in [-0.2, -0.15) is 0 Å². The zero-order valence-corrected chi connectivity index (χ0v) is 16.8. The molecule has 3 N–H and O–H groups in total. The average molecular weight is 403 g/mol. The highest BCUT2D eigenvalue weighted by Crippen LogP contribution is 2.26. The molecule has 1 aromatic carbocycles. The van der Waals surface area contributed by atoms with Gasteiger partial charge in [-0.1, -0.05) is 19.8 Å². The number of thiazole rings is 1. The van der Waals surface area contributed by atoms with Crippen molar-refractivity contribution in [2.45, 2.75) is 38.7 Å². The monoisotopic (exact) mass is 402 g/mol. The highest BCUT2D eigenvalue weighted by atomic mass is 32.1. The van der Waals surface area contributed by atoms with E-state index in [9.17, 15) is 9.59 Å². The lowest BCUT2D eigenvalue weighted by Gasteiger charge is -2.28. The van der Waals surface area contributed by atoms with Crippen LogP contribution in [0.4, 0.5) is 15.6 Å². The number of carbonyl (C=O) groups excluding carboxylic acids is 2. The van der Waals surface area contributed by atoms with E-state index in [0.29, 0.717) is 41.6 Å². The molecule has 1 aliphatic carbocycles. The largest absolute Gasteiger partial charge is 0.376 e. The zero-order valence-electron chi connectivity index (χ0n) is 15.9. The van der Waals surface area contributed by atoms with Crippen molar-refractivity contribution in [3.63, 3.8) is 0 Å². The predicted molar refractivity (Wildman–Crippen MR) is 111 cm³/mol. The summed E-state index contributed by atoms with van der Waals surface area (Å²) in [5.74, 6) is 0.355. The summed E-state index contributed by atoms with van der Waals surface area (Å²) >= 11 is 1.36. The smallest absolute Gasteiger partial charge is 0.319 e. The third kappa shape index (κ3) is 6.03. The van der Waals surface area contributed by atoms with Crippen LogP contribution in [0.3, 0.4) is 0 Å². The minimum atomic E-state index is -0.291. The molecular weight excluding hydrogens is 376 g/mol. The van der Waals surface area contributed by atoms with Crippen molar-refractivity contribution < 1.29 is 14.3 Å². The summed E-state index contributed by atoms with van der Waals surface area (Å²) in [5, 5.41) is 10.6. The van der Waals surface area contributed by atoms with Gasteiger partial charge in [-0.3, -0.25) is 10.1 Å². The van der Waals surface area contributed by atoms with E-state index in [1.165, 1.54) is 30.6 Å². The van der Waals surface area contributed by atoms with Gasteiger partial charge in [0.05, 0.1) is 12.7 Å². The average Bonchev–Trinajstić information content (AvgIpc) is 3.20. The van der Waals surface area contributed by atoms with Gasteiger partial charge in [0.2, 0.25) is 0 Å². The number of rotatable bonds is 7. The van der Waals surface area contributed by atoms with Crippen LogP contribution >= 0.6 is 11.3 Å². The molecule has 1 fully saturated rings. The molecule has 1 saturated carbocycles. The number of aromatic nitrogens is 1. The number of hydrogen-bond acceptors (Lipinski definition) is 5. The summed E-state index contributed by atoms with van der Waals surface area (Å²) < 4.78 is 5.89. The summed E-state index contributed by atoms with van der Waals surface area (Å²) in [4.78, 5) is 28.1. The van der Waals surface area contributed by atoms with Crippen LogP contribution in [0.25, 0.3) is 0 Å². The number of ether oxygens (including phenoxy) is 1. The van der Waals surface area contributed by atoms with Crippen molar-refractivity contribution in [3.8, 4) is 0 Å². The van der Waals surface area contributed by atoms with Crippen LogP contribution in [0.2, 0.25) is 0 Å². The van der Waals surface area contributed by atoms with E-state index in [1.807, 2.05) is 0 Å². The fraction of sp³-hybridized carbons (Fsp3) is 0.450. The molecule has 0 bridgehead atoms. The predicted octanol–water partition coefficient (Wildman–Crippen LogP) is 4.11. The van der Waals surface area contributed by atoms with Gasteiger partial charge in [0.25, 0.3) is 5.91 Å². The van der Waals surface area contributed by atoms with Crippen LogP contribution < -0.4 is 16.0 Å².